The molecular formula is C10H19N3O4. The topological polar surface area (TPSA) is 116 Å². The molecule has 1 saturated heterocycles. The molecule has 2 amide bonds. The molecule has 7 nitrogen and oxygen atoms in total. The van der Waals surface area contributed by atoms with Crippen LogP contribution in [0, 0.1) is 5.92 Å². The Morgan fingerprint density at radius 3 is 2.71 bits per heavy atom. The van der Waals surface area contributed by atoms with E-state index < -0.39 is 11.6 Å². The van der Waals surface area contributed by atoms with E-state index in [1.165, 1.54) is 0 Å². The van der Waals surface area contributed by atoms with Gasteiger partial charge in [0.25, 0.3) is 0 Å². The molecule has 0 aromatic heterocycles. The second-order valence-corrected chi connectivity index (χ2v) is 4.57. The molecule has 1 aliphatic heterocycles. The van der Waals surface area contributed by atoms with Crippen molar-refractivity contribution in [1.82, 2.24) is 10.2 Å². The van der Waals surface area contributed by atoms with Crippen molar-refractivity contribution in [3.05, 3.63) is 0 Å². The van der Waals surface area contributed by atoms with Crippen LogP contribution in [0.3, 0.4) is 0 Å². The summed E-state index contributed by atoms with van der Waals surface area (Å²) in [6.45, 7) is 2.56. The van der Waals surface area contributed by atoms with E-state index in [4.69, 9.17) is 10.8 Å². The maximum absolute atomic E-state index is 11.6. The zero-order valence-electron chi connectivity index (χ0n) is 9.85. The minimum absolute atomic E-state index is 0.306. The Balaban J connectivity index is 2.38. The van der Waals surface area contributed by atoms with Gasteiger partial charge in [-0.1, -0.05) is 0 Å². The van der Waals surface area contributed by atoms with Crippen LogP contribution in [0.4, 0.5) is 4.79 Å². The van der Waals surface area contributed by atoms with Gasteiger partial charge in [0, 0.05) is 13.1 Å². The van der Waals surface area contributed by atoms with Gasteiger partial charge in [-0.3, -0.25) is 0 Å². The van der Waals surface area contributed by atoms with Crippen LogP contribution in [-0.2, 0) is 4.79 Å². The Kier molecular flexibility index (Phi) is 4.30. The minimum Gasteiger partial charge on any atom is -0.479 e. The summed E-state index contributed by atoms with van der Waals surface area (Å²) in [5, 5.41) is 20.5. The fraction of sp³-hybridized carbons (Fsp3) is 0.800. The van der Waals surface area contributed by atoms with Gasteiger partial charge in [0.05, 0.1) is 6.54 Å². The Morgan fingerprint density at radius 1 is 1.59 bits per heavy atom. The van der Waals surface area contributed by atoms with Crippen molar-refractivity contribution in [3.8, 4) is 0 Å². The van der Waals surface area contributed by atoms with Gasteiger partial charge in [-0.05, 0) is 25.8 Å². The highest BCUT2D eigenvalue weighted by molar-refractivity contribution is 5.79. The first-order valence-corrected chi connectivity index (χ1v) is 5.55. The van der Waals surface area contributed by atoms with E-state index >= 15 is 0 Å². The van der Waals surface area contributed by atoms with Crippen LogP contribution in [0.25, 0.3) is 0 Å². The number of rotatable bonds is 4. The number of nitrogens with two attached hydrogens (primary N) is 1. The first kappa shape index (κ1) is 13.7. The smallest absolute Gasteiger partial charge is 0.337 e. The van der Waals surface area contributed by atoms with E-state index in [0.717, 1.165) is 13.3 Å². The van der Waals surface area contributed by atoms with Crippen LogP contribution in [0.2, 0.25) is 0 Å². The molecule has 0 aromatic carbocycles. The maximum Gasteiger partial charge on any atom is 0.337 e. The van der Waals surface area contributed by atoms with Crippen LogP contribution >= 0.6 is 0 Å². The predicted molar refractivity (Wildman–Crippen MR) is 60.4 cm³/mol. The Morgan fingerprint density at radius 2 is 2.24 bits per heavy atom. The van der Waals surface area contributed by atoms with Crippen LogP contribution in [0.5, 0.6) is 0 Å². The standard InChI is InChI=1S/C10H19N3O4/c1-10(17,8(14)15)6-12-9(16)13-3-2-7(4-11)5-13/h7,17H,2-6,11H2,1H3,(H,12,16)(H,14,15). The number of nitrogens with zero attached hydrogens (tertiary/aromatic N) is 1. The number of nitrogens with one attached hydrogen (secondary N) is 1. The highest BCUT2D eigenvalue weighted by Gasteiger charge is 2.32. The van der Waals surface area contributed by atoms with E-state index in [0.29, 0.717) is 25.6 Å². The van der Waals surface area contributed by atoms with Crippen molar-refractivity contribution in [2.75, 3.05) is 26.2 Å². The summed E-state index contributed by atoms with van der Waals surface area (Å²) in [5.74, 6) is -1.06. The largest absolute Gasteiger partial charge is 0.479 e. The first-order chi connectivity index (χ1) is 7.86. The molecule has 0 aromatic rings. The van der Waals surface area contributed by atoms with Crippen LogP contribution in [0.1, 0.15) is 13.3 Å². The lowest BCUT2D eigenvalue weighted by Gasteiger charge is -2.22. The Labute approximate surface area is 99.6 Å². The third-order valence-electron chi connectivity index (χ3n) is 2.95. The lowest BCUT2D eigenvalue weighted by Crippen LogP contribution is -2.49. The third-order valence-corrected chi connectivity index (χ3v) is 2.95. The van der Waals surface area contributed by atoms with Gasteiger partial charge in [0.15, 0.2) is 5.60 Å². The zero-order chi connectivity index (χ0) is 13.1. The quantitative estimate of drug-likeness (QED) is 0.497. The van der Waals surface area contributed by atoms with Gasteiger partial charge >= 0.3 is 12.0 Å². The van der Waals surface area contributed by atoms with E-state index in [-0.39, 0.29) is 12.6 Å². The van der Waals surface area contributed by atoms with Crippen molar-refractivity contribution in [3.63, 3.8) is 0 Å². The van der Waals surface area contributed by atoms with Gasteiger partial charge in [-0.25, -0.2) is 9.59 Å². The SMILES string of the molecule is CC(O)(CNC(=O)N1CCC(CN)C1)C(=O)O. The number of hydrogen-bond donors (Lipinski definition) is 4. The Hall–Kier alpha value is -1.34. The fourth-order valence-corrected chi connectivity index (χ4v) is 1.64. The summed E-state index contributed by atoms with van der Waals surface area (Å²) in [4.78, 5) is 23.8. The van der Waals surface area contributed by atoms with Crippen molar-refractivity contribution in [1.29, 1.82) is 0 Å². The van der Waals surface area contributed by atoms with Crippen molar-refractivity contribution >= 4 is 12.0 Å². The highest BCUT2D eigenvalue weighted by atomic mass is 16.4. The van der Waals surface area contributed by atoms with Gasteiger partial charge in [0.2, 0.25) is 0 Å². The molecule has 1 rings (SSSR count). The van der Waals surface area contributed by atoms with Gasteiger partial charge < -0.3 is 26.2 Å². The number of carbonyl (C=O) groups is 2. The van der Waals surface area contributed by atoms with E-state index in [1.807, 2.05) is 0 Å². The molecular weight excluding hydrogens is 226 g/mol. The van der Waals surface area contributed by atoms with Gasteiger partial charge in [0.1, 0.15) is 0 Å². The van der Waals surface area contributed by atoms with E-state index in [9.17, 15) is 14.7 Å². The highest BCUT2D eigenvalue weighted by Crippen LogP contribution is 2.14. The third kappa shape index (κ3) is 3.57. The van der Waals surface area contributed by atoms with Crippen LogP contribution < -0.4 is 11.1 Å². The molecule has 98 valence electrons. The molecule has 0 aliphatic carbocycles. The lowest BCUT2D eigenvalue weighted by atomic mass is 10.1. The molecule has 17 heavy (non-hydrogen) atoms. The molecule has 1 heterocycles. The number of likely N-dealkylation sites (tertiary alicyclic amines) is 1. The molecule has 5 N–H and O–H groups in total. The molecule has 0 saturated carbocycles. The molecule has 1 fully saturated rings. The monoisotopic (exact) mass is 245 g/mol. The Bertz CT molecular complexity index is 306. The normalized spacial score (nSPS) is 23.2. The van der Waals surface area contributed by atoms with Gasteiger partial charge in [-0.2, -0.15) is 0 Å². The number of aliphatic hydroxyl groups is 1. The number of carbonyl (C=O) groups excluding carboxylic acids is 1. The number of carboxylic acid groups (broad SMARTS) is 1. The lowest BCUT2D eigenvalue weighted by molar-refractivity contribution is -0.155. The summed E-state index contributed by atoms with van der Waals surface area (Å²) in [6.07, 6.45) is 0.860. The second-order valence-electron chi connectivity index (χ2n) is 4.57. The number of urea groups is 1. The van der Waals surface area contributed by atoms with Gasteiger partial charge in [-0.15, -0.1) is 0 Å². The molecule has 0 spiro atoms. The van der Waals surface area contributed by atoms with E-state index in [2.05, 4.69) is 5.32 Å². The van der Waals surface area contributed by atoms with Crippen LogP contribution in [-0.4, -0.2) is 58.9 Å². The average molecular weight is 245 g/mol. The summed E-state index contributed by atoms with van der Waals surface area (Å²) in [7, 11) is 0. The predicted octanol–water partition coefficient (Wildman–Crippen LogP) is -1.19. The average Bonchev–Trinajstić information content (AvgIpc) is 2.74. The maximum atomic E-state index is 11.6. The summed E-state index contributed by atoms with van der Waals surface area (Å²) < 4.78 is 0. The molecule has 7 heteroatoms. The number of aliphatic carboxylic acids is 1. The van der Waals surface area contributed by atoms with Crippen molar-refractivity contribution in [2.45, 2.75) is 18.9 Å². The second kappa shape index (κ2) is 5.33. The summed E-state index contributed by atoms with van der Waals surface area (Å²) >= 11 is 0. The molecule has 2 atom stereocenters. The van der Waals surface area contributed by atoms with Crippen LogP contribution in [0.15, 0.2) is 0 Å². The van der Waals surface area contributed by atoms with E-state index in [1.54, 1.807) is 4.90 Å². The molecule has 0 radical (unpaired) electrons. The van der Waals surface area contributed by atoms with Crippen molar-refractivity contribution in [2.24, 2.45) is 11.7 Å². The molecule has 1 aliphatic rings. The fourth-order valence-electron chi connectivity index (χ4n) is 1.64. The molecule has 0 bridgehead atoms. The number of carboxylic acids is 1. The number of hydrogen-bond acceptors (Lipinski definition) is 4. The first-order valence-electron chi connectivity index (χ1n) is 5.55. The number of amides is 2. The summed E-state index contributed by atoms with van der Waals surface area (Å²) in [6, 6.07) is -0.359. The molecule has 2 unspecified atom stereocenters. The minimum atomic E-state index is -1.94. The zero-order valence-corrected chi connectivity index (χ0v) is 9.85. The van der Waals surface area contributed by atoms with Crippen molar-refractivity contribution < 1.29 is 19.8 Å². The summed E-state index contributed by atoms with van der Waals surface area (Å²) in [5.41, 5.74) is 3.56.